The van der Waals surface area contributed by atoms with Crippen LogP contribution < -0.4 is 5.56 Å². The van der Waals surface area contributed by atoms with Crippen molar-refractivity contribution in [1.29, 1.82) is 0 Å². The minimum Gasteiger partial charge on any atom is -0.331 e. The first kappa shape index (κ1) is 23.0. The molecule has 9 heteroatoms. The van der Waals surface area contributed by atoms with Crippen molar-refractivity contribution in [2.45, 2.75) is 67.8 Å². The Labute approximate surface area is 209 Å². The Morgan fingerprint density at radius 1 is 1.03 bits per heavy atom. The fourth-order valence-corrected chi connectivity index (χ4v) is 7.90. The van der Waals surface area contributed by atoms with Crippen LogP contribution >= 0.6 is 0 Å². The number of hydrogen-bond acceptors (Lipinski definition) is 5. The number of carbonyl (C=O) groups is 1. The van der Waals surface area contributed by atoms with E-state index >= 15 is 0 Å². The van der Waals surface area contributed by atoms with Crippen molar-refractivity contribution in [2.24, 2.45) is 0 Å². The molecule has 3 aromatic heterocycles. The van der Waals surface area contributed by atoms with Crippen LogP contribution in [0, 0.1) is 0 Å². The second-order valence-electron chi connectivity index (χ2n) is 9.81. The minimum atomic E-state index is -3.46. The Morgan fingerprint density at radius 3 is 2.42 bits per heavy atom. The predicted octanol–water partition coefficient (Wildman–Crippen LogP) is 3.67. The SMILES string of the molecule is CCCn1c(C(=O)N2C3CCC2CC(S(=O)(=O)c2ccccc2)C3)cc2c(=O)n3ccccc3nc21. The van der Waals surface area contributed by atoms with Gasteiger partial charge in [0, 0.05) is 24.8 Å². The molecule has 2 bridgehead atoms. The molecule has 36 heavy (non-hydrogen) atoms. The van der Waals surface area contributed by atoms with E-state index in [0.717, 1.165) is 19.3 Å². The minimum absolute atomic E-state index is 0.138. The maximum atomic E-state index is 14.0. The number of rotatable bonds is 5. The summed E-state index contributed by atoms with van der Waals surface area (Å²) in [5.74, 6) is -0.141. The van der Waals surface area contributed by atoms with Gasteiger partial charge in [0.25, 0.3) is 11.5 Å². The van der Waals surface area contributed by atoms with Crippen LogP contribution in [0.2, 0.25) is 0 Å². The molecule has 2 atom stereocenters. The largest absolute Gasteiger partial charge is 0.331 e. The molecule has 0 spiro atoms. The van der Waals surface area contributed by atoms with Gasteiger partial charge < -0.3 is 9.47 Å². The van der Waals surface area contributed by atoms with Crippen LogP contribution in [0.4, 0.5) is 0 Å². The summed E-state index contributed by atoms with van der Waals surface area (Å²) in [4.78, 5) is 34.1. The second kappa shape index (κ2) is 8.58. The average Bonchev–Trinajstić information content (AvgIpc) is 3.38. The van der Waals surface area contributed by atoms with E-state index in [-0.39, 0.29) is 23.6 Å². The number of fused-ring (bicyclic) bond motifs is 4. The first-order valence-electron chi connectivity index (χ1n) is 12.5. The van der Waals surface area contributed by atoms with E-state index in [2.05, 4.69) is 0 Å². The molecular weight excluding hydrogens is 476 g/mol. The number of piperidine rings is 1. The third kappa shape index (κ3) is 3.48. The van der Waals surface area contributed by atoms with Crippen molar-refractivity contribution in [3.8, 4) is 0 Å². The van der Waals surface area contributed by atoms with Gasteiger partial charge in [0.2, 0.25) is 0 Å². The molecule has 2 aliphatic rings. The van der Waals surface area contributed by atoms with Gasteiger partial charge in [0.15, 0.2) is 9.84 Å². The van der Waals surface area contributed by atoms with Crippen molar-refractivity contribution in [1.82, 2.24) is 18.9 Å². The highest BCUT2D eigenvalue weighted by molar-refractivity contribution is 7.92. The molecule has 2 fully saturated rings. The fraction of sp³-hybridized carbons (Fsp3) is 0.370. The normalized spacial score (nSPS) is 21.9. The molecule has 4 aromatic rings. The molecule has 0 aliphatic carbocycles. The van der Waals surface area contributed by atoms with Gasteiger partial charge in [-0.3, -0.25) is 14.0 Å². The smallest absolute Gasteiger partial charge is 0.271 e. The summed E-state index contributed by atoms with van der Waals surface area (Å²) in [7, 11) is -3.46. The maximum Gasteiger partial charge on any atom is 0.271 e. The average molecular weight is 505 g/mol. The molecular formula is C27H28N4O4S. The zero-order valence-electron chi connectivity index (χ0n) is 20.1. The van der Waals surface area contributed by atoms with Crippen LogP contribution in [-0.4, -0.2) is 50.5 Å². The lowest BCUT2D eigenvalue weighted by Gasteiger charge is -2.38. The first-order valence-corrected chi connectivity index (χ1v) is 14.1. The Morgan fingerprint density at radius 2 is 1.72 bits per heavy atom. The molecule has 2 aliphatic heterocycles. The zero-order chi connectivity index (χ0) is 25.0. The monoisotopic (exact) mass is 504 g/mol. The molecule has 6 rings (SSSR count). The van der Waals surface area contributed by atoms with Crippen molar-refractivity contribution in [3.05, 3.63) is 76.8 Å². The van der Waals surface area contributed by atoms with Crippen molar-refractivity contribution >= 4 is 32.4 Å². The van der Waals surface area contributed by atoms with Gasteiger partial charge in [-0.25, -0.2) is 13.4 Å². The van der Waals surface area contributed by atoms with Crippen LogP contribution in [0.3, 0.4) is 0 Å². The summed E-state index contributed by atoms with van der Waals surface area (Å²) in [5.41, 5.74) is 1.31. The Kier molecular flexibility index (Phi) is 5.48. The van der Waals surface area contributed by atoms with Gasteiger partial charge in [-0.15, -0.1) is 0 Å². The van der Waals surface area contributed by atoms with E-state index in [1.165, 1.54) is 4.40 Å². The Bertz CT molecular complexity index is 1630. The van der Waals surface area contributed by atoms with Gasteiger partial charge >= 0.3 is 0 Å². The highest BCUT2D eigenvalue weighted by Crippen LogP contribution is 2.41. The number of hydrogen-bond donors (Lipinski definition) is 0. The Hall–Kier alpha value is -3.46. The third-order valence-electron chi connectivity index (χ3n) is 7.68. The summed E-state index contributed by atoms with van der Waals surface area (Å²) in [6.45, 7) is 2.59. The lowest BCUT2D eigenvalue weighted by Crippen LogP contribution is -2.50. The van der Waals surface area contributed by atoms with Crippen LogP contribution in [0.15, 0.2) is 70.5 Å². The number of sulfone groups is 1. The zero-order valence-corrected chi connectivity index (χ0v) is 20.9. The van der Waals surface area contributed by atoms with Crippen molar-refractivity contribution in [3.63, 3.8) is 0 Å². The molecule has 8 nitrogen and oxygen atoms in total. The standard InChI is InChI=1S/C27H28N4O4S/c1-2-13-29-23(17-22-25(29)28-24-10-6-7-14-30(24)26(22)32)27(33)31-18-11-12-19(31)16-21(15-18)36(34,35)20-8-4-3-5-9-20/h3-10,14,17-19,21H,2,11-13,15-16H2,1H3. The van der Waals surface area contributed by atoms with Gasteiger partial charge in [-0.2, -0.15) is 0 Å². The Balaban J connectivity index is 1.37. The number of pyridine rings is 1. The van der Waals surface area contributed by atoms with Crippen LogP contribution in [0.1, 0.15) is 49.5 Å². The number of aromatic nitrogens is 3. The van der Waals surface area contributed by atoms with E-state index in [0.29, 0.717) is 46.7 Å². The van der Waals surface area contributed by atoms with Crippen LogP contribution in [0.25, 0.3) is 16.7 Å². The van der Waals surface area contributed by atoms with E-state index in [9.17, 15) is 18.0 Å². The highest BCUT2D eigenvalue weighted by atomic mass is 32.2. The molecule has 186 valence electrons. The molecule has 5 heterocycles. The summed E-state index contributed by atoms with van der Waals surface area (Å²) >= 11 is 0. The molecule has 2 unspecified atom stereocenters. The summed E-state index contributed by atoms with van der Waals surface area (Å²) in [6.07, 6.45) is 4.90. The maximum absolute atomic E-state index is 14.0. The van der Waals surface area contributed by atoms with Crippen LogP contribution in [0.5, 0.6) is 0 Å². The molecule has 0 N–H and O–H groups in total. The highest BCUT2D eigenvalue weighted by Gasteiger charge is 2.47. The van der Waals surface area contributed by atoms with Crippen molar-refractivity contribution < 1.29 is 13.2 Å². The lowest BCUT2D eigenvalue weighted by atomic mass is 10.0. The molecule has 2 saturated heterocycles. The van der Waals surface area contributed by atoms with E-state index in [1.54, 1.807) is 48.7 Å². The van der Waals surface area contributed by atoms with Crippen molar-refractivity contribution in [2.75, 3.05) is 0 Å². The van der Waals surface area contributed by atoms with E-state index in [4.69, 9.17) is 4.98 Å². The van der Waals surface area contributed by atoms with Gasteiger partial charge in [0.1, 0.15) is 17.0 Å². The lowest BCUT2D eigenvalue weighted by molar-refractivity contribution is 0.0587. The number of carbonyl (C=O) groups excluding carboxylic acids is 1. The van der Waals surface area contributed by atoms with Crippen LogP contribution in [-0.2, 0) is 16.4 Å². The third-order valence-corrected chi connectivity index (χ3v) is 9.87. The molecule has 0 radical (unpaired) electrons. The molecule has 1 aromatic carbocycles. The first-order chi connectivity index (χ1) is 17.4. The van der Waals surface area contributed by atoms with Gasteiger partial charge in [-0.1, -0.05) is 31.2 Å². The fourth-order valence-electron chi connectivity index (χ4n) is 6.03. The summed E-state index contributed by atoms with van der Waals surface area (Å²) in [5, 5.41) is -0.0797. The van der Waals surface area contributed by atoms with E-state index < -0.39 is 15.1 Å². The molecule has 1 amide bonds. The number of benzene rings is 1. The summed E-state index contributed by atoms with van der Waals surface area (Å²) in [6, 6.07) is 15.4. The second-order valence-corrected chi connectivity index (χ2v) is 12.0. The topological polar surface area (TPSA) is 93.8 Å². The van der Waals surface area contributed by atoms with Gasteiger partial charge in [0.05, 0.1) is 15.5 Å². The van der Waals surface area contributed by atoms with Gasteiger partial charge in [-0.05, 0) is 62.4 Å². The predicted molar refractivity (Wildman–Crippen MR) is 137 cm³/mol. The summed E-state index contributed by atoms with van der Waals surface area (Å²) < 4.78 is 30.0. The molecule has 0 saturated carbocycles. The quantitative estimate of drug-likeness (QED) is 0.413. The number of amides is 1. The number of aryl methyl sites for hydroxylation is 1. The number of nitrogens with zero attached hydrogens (tertiary/aromatic N) is 4. The van der Waals surface area contributed by atoms with E-state index in [1.807, 2.05) is 28.5 Å².